The lowest BCUT2D eigenvalue weighted by molar-refractivity contribution is -0.148. The molecule has 0 aliphatic carbocycles. The zero-order valence-corrected chi connectivity index (χ0v) is 24.9. The number of Topliss-reactive ketones (excluding diaryl/α,β-unsaturated/α-hetero) is 1. The number of ketones is 1. The molecule has 1 aliphatic rings. The van der Waals surface area contributed by atoms with Crippen molar-refractivity contribution in [2.75, 3.05) is 6.54 Å². The largest absolute Gasteiger partial charge is 0.459 e. The molecule has 12 nitrogen and oxygen atoms in total. The summed E-state index contributed by atoms with van der Waals surface area (Å²) in [6.07, 6.45) is 0.522. The van der Waals surface area contributed by atoms with Crippen LogP contribution < -0.4 is 21.7 Å². The summed E-state index contributed by atoms with van der Waals surface area (Å²) in [6, 6.07) is 4.32. The van der Waals surface area contributed by atoms with Gasteiger partial charge in [-0.25, -0.2) is 9.59 Å². The minimum absolute atomic E-state index is 0.0511. The second-order valence-electron chi connectivity index (χ2n) is 11.9. The van der Waals surface area contributed by atoms with Gasteiger partial charge in [-0.2, -0.15) is 0 Å². The zero-order chi connectivity index (χ0) is 31.1. The van der Waals surface area contributed by atoms with Crippen LogP contribution in [0.5, 0.6) is 0 Å². The number of hydrogen-bond acceptors (Lipinski definition) is 7. The van der Waals surface area contributed by atoms with Crippen LogP contribution in [-0.2, 0) is 35.3 Å². The number of nitrogens with two attached hydrogens (primary N) is 1. The number of rotatable bonds is 11. The van der Waals surface area contributed by atoms with Gasteiger partial charge in [0.15, 0.2) is 0 Å². The van der Waals surface area contributed by atoms with Crippen LogP contribution in [0.4, 0.5) is 4.79 Å². The maximum Gasteiger partial charge on any atom is 0.329 e. The molecule has 1 aliphatic heterocycles. The highest BCUT2D eigenvalue weighted by atomic mass is 16.5. The fourth-order valence-electron chi connectivity index (χ4n) is 4.62. The molecule has 5 N–H and O–H groups in total. The second-order valence-corrected chi connectivity index (χ2v) is 11.9. The molecule has 0 saturated carbocycles. The Morgan fingerprint density at radius 2 is 1.61 bits per heavy atom. The second kappa shape index (κ2) is 14.1. The number of urea groups is 1. The number of primary amides is 1. The Morgan fingerprint density at radius 1 is 1.00 bits per heavy atom. The SMILES string of the molecule is CC(NC(=O)[C@@H]1C(C)CCN1C(=O)C(NC(=O)NC(C(=O)OCc1ccccc1)C(C)C)C(C)(C)C)C(=O)C(N)=O. The Bertz CT molecular complexity index is 1130. The highest BCUT2D eigenvalue weighted by molar-refractivity contribution is 6.37. The molecule has 1 aromatic rings. The first-order valence-electron chi connectivity index (χ1n) is 13.8. The van der Waals surface area contributed by atoms with Gasteiger partial charge in [-0.15, -0.1) is 0 Å². The number of hydrogen-bond donors (Lipinski definition) is 4. The summed E-state index contributed by atoms with van der Waals surface area (Å²) in [5.74, 6) is -4.35. The standard InChI is InChI=1S/C29H43N5O7/c1-16(2)20(27(39)41-15-19-11-9-8-10-12-19)32-28(40)33-23(29(5,6)7)26(38)34-14-13-17(3)21(34)25(37)31-18(4)22(35)24(30)36/h8-12,16-18,20-21,23H,13-15H2,1-7H3,(H2,30,36)(H,31,37)(H2,32,33,40)/t17?,18?,20?,21-,23?/m0/s1. The van der Waals surface area contributed by atoms with E-state index in [-0.39, 0.29) is 25.0 Å². The predicted octanol–water partition coefficient (Wildman–Crippen LogP) is 1.26. The minimum Gasteiger partial charge on any atom is -0.459 e. The fraction of sp³-hybridized carbons (Fsp3) is 0.586. The van der Waals surface area contributed by atoms with E-state index in [4.69, 9.17) is 10.5 Å². The maximum absolute atomic E-state index is 13.8. The molecule has 0 aromatic heterocycles. The topological polar surface area (TPSA) is 177 Å². The Hall–Kier alpha value is -3.96. The van der Waals surface area contributed by atoms with Crippen molar-refractivity contribution in [2.24, 2.45) is 23.0 Å². The lowest BCUT2D eigenvalue weighted by Gasteiger charge is -2.36. The molecule has 226 valence electrons. The molecule has 2 rings (SSSR count). The summed E-state index contributed by atoms with van der Waals surface area (Å²) in [7, 11) is 0. The Labute approximate surface area is 241 Å². The third kappa shape index (κ3) is 9.02. The van der Waals surface area contributed by atoms with Crippen molar-refractivity contribution >= 4 is 35.5 Å². The molecule has 5 amide bonds. The van der Waals surface area contributed by atoms with Crippen LogP contribution in [-0.4, -0.2) is 71.1 Å². The summed E-state index contributed by atoms with van der Waals surface area (Å²) in [5.41, 5.74) is 5.08. The molecule has 0 spiro atoms. The van der Waals surface area contributed by atoms with Crippen molar-refractivity contribution < 1.29 is 33.5 Å². The molecule has 41 heavy (non-hydrogen) atoms. The first-order chi connectivity index (χ1) is 19.0. The monoisotopic (exact) mass is 573 g/mol. The van der Waals surface area contributed by atoms with Gasteiger partial charge in [0.2, 0.25) is 17.6 Å². The molecular formula is C29H43N5O7. The van der Waals surface area contributed by atoms with Crippen molar-refractivity contribution in [3.05, 3.63) is 35.9 Å². The molecule has 1 heterocycles. The number of amides is 5. The van der Waals surface area contributed by atoms with Gasteiger partial charge in [-0.3, -0.25) is 19.2 Å². The number of nitrogens with one attached hydrogen (secondary N) is 3. The number of ether oxygens (including phenoxy) is 1. The van der Waals surface area contributed by atoms with Crippen molar-refractivity contribution in [3.8, 4) is 0 Å². The van der Waals surface area contributed by atoms with Crippen LogP contribution in [0, 0.1) is 17.3 Å². The van der Waals surface area contributed by atoms with Crippen LogP contribution in [0.3, 0.4) is 0 Å². The van der Waals surface area contributed by atoms with Crippen molar-refractivity contribution in [2.45, 2.75) is 85.7 Å². The Morgan fingerprint density at radius 3 is 2.15 bits per heavy atom. The highest BCUT2D eigenvalue weighted by Gasteiger charge is 2.45. The third-order valence-electron chi connectivity index (χ3n) is 7.07. The van der Waals surface area contributed by atoms with E-state index in [0.29, 0.717) is 6.42 Å². The van der Waals surface area contributed by atoms with E-state index in [2.05, 4.69) is 16.0 Å². The van der Waals surface area contributed by atoms with Crippen LogP contribution in [0.1, 0.15) is 60.5 Å². The third-order valence-corrected chi connectivity index (χ3v) is 7.07. The fourth-order valence-corrected chi connectivity index (χ4v) is 4.62. The molecule has 12 heteroatoms. The van der Waals surface area contributed by atoms with Crippen LogP contribution in [0.25, 0.3) is 0 Å². The molecule has 0 bridgehead atoms. The van der Waals surface area contributed by atoms with E-state index in [1.165, 1.54) is 11.8 Å². The highest BCUT2D eigenvalue weighted by Crippen LogP contribution is 2.29. The van der Waals surface area contributed by atoms with Gasteiger partial charge in [-0.05, 0) is 36.2 Å². The van der Waals surface area contributed by atoms with Crippen LogP contribution in [0.2, 0.25) is 0 Å². The molecule has 4 unspecified atom stereocenters. The van der Waals surface area contributed by atoms with Gasteiger partial charge in [0.25, 0.3) is 5.91 Å². The Kier molecular flexibility index (Phi) is 11.4. The molecule has 1 aromatic carbocycles. The first kappa shape index (κ1) is 33.2. The summed E-state index contributed by atoms with van der Waals surface area (Å²) in [4.78, 5) is 77.3. The van der Waals surface area contributed by atoms with Gasteiger partial charge in [-0.1, -0.05) is 71.9 Å². The number of esters is 1. The van der Waals surface area contributed by atoms with Gasteiger partial charge >= 0.3 is 12.0 Å². The van der Waals surface area contributed by atoms with Crippen LogP contribution in [0.15, 0.2) is 30.3 Å². The first-order valence-corrected chi connectivity index (χ1v) is 13.8. The van der Waals surface area contributed by atoms with Crippen molar-refractivity contribution in [1.82, 2.24) is 20.9 Å². The normalized spacial score (nSPS) is 19.1. The van der Waals surface area contributed by atoms with E-state index in [9.17, 15) is 28.8 Å². The van der Waals surface area contributed by atoms with Gasteiger partial charge in [0.1, 0.15) is 24.7 Å². The molecular weight excluding hydrogens is 530 g/mol. The summed E-state index contributed by atoms with van der Waals surface area (Å²) in [6.45, 7) is 12.3. The average molecular weight is 574 g/mol. The van der Waals surface area contributed by atoms with E-state index in [1.54, 1.807) is 41.5 Å². The molecule has 0 radical (unpaired) electrons. The van der Waals surface area contributed by atoms with Crippen molar-refractivity contribution in [3.63, 3.8) is 0 Å². The van der Waals surface area contributed by atoms with Gasteiger partial charge in [0.05, 0.1) is 6.04 Å². The van der Waals surface area contributed by atoms with Gasteiger partial charge in [0, 0.05) is 6.54 Å². The quantitative estimate of drug-likeness (QED) is 0.227. The molecule has 1 fully saturated rings. The predicted molar refractivity (Wildman–Crippen MR) is 151 cm³/mol. The Balaban J connectivity index is 2.15. The summed E-state index contributed by atoms with van der Waals surface area (Å²) >= 11 is 0. The number of likely N-dealkylation sites (tertiary alicyclic amines) is 1. The number of benzene rings is 1. The minimum atomic E-state index is -1.17. The number of nitrogens with zero attached hydrogens (tertiary/aromatic N) is 1. The smallest absolute Gasteiger partial charge is 0.329 e. The number of carbonyl (C=O) groups is 6. The molecule has 5 atom stereocenters. The summed E-state index contributed by atoms with van der Waals surface area (Å²) in [5, 5.41) is 7.81. The van der Waals surface area contributed by atoms with E-state index in [0.717, 1.165) is 5.56 Å². The molecule has 1 saturated heterocycles. The van der Waals surface area contributed by atoms with E-state index in [1.807, 2.05) is 30.3 Å². The van der Waals surface area contributed by atoms with Crippen LogP contribution >= 0.6 is 0 Å². The van der Waals surface area contributed by atoms with Crippen molar-refractivity contribution in [1.29, 1.82) is 0 Å². The van der Waals surface area contributed by atoms with E-state index >= 15 is 0 Å². The lowest BCUT2D eigenvalue weighted by Crippen LogP contribution is -2.61. The summed E-state index contributed by atoms with van der Waals surface area (Å²) < 4.78 is 5.41. The average Bonchev–Trinajstić information content (AvgIpc) is 3.29. The maximum atomic E-state index is 13.8. The zero-order valence-electron chi connectivity index (χ0n) is 24.9. The van der Waals surface area contributed by atoms with E-state index < -0.39 is 65.1 Å². The van der Waals surface area contributed by atoms with Gasteiger partial charge < -0.3 is 31.3 Å². The lowest BCUT2D eigenvalue weighted by atomic mass is 9.85. The number of carbonyl (C=O) groups excluding carboxylic acids is 6.